The molecule has 1 heterocycles. The normalized spacial score (nSPS) is 29.9. The molecule has 4 rings (SSSR count). The van der Waals surface area contributed by atoms with E-state index < -0.39 is 0 Å². The second-order valence-electron chi connectivity index (χ2n) is 7.15. The summed E-state index contributed by atoms with van der Waals surface area (Å²) in [5.74, 6) is 0.408. The number of benzene rings is 1. The molecule has 4 atom stereocenters. The molecule has 2 saturated carbocycles. The predicted molar refractivity (Wildman–Crippen MR) is 90.8 cm³/mol. The lowest BCUT2D eigenvalue weighted by Gasteiger charge is -2.19. The summed E-state index contributed by atoms with van der Waals surface area (Å²) in [6.07, 6.45) is 3.08. The lowest BCUT2D eigenvalue weighted by atomic mass is 9.81. The van der Waals surface area contributed by atoms with Crippen LogP contribution in [0.4, 0.5) is 5.69 Å². The van der Waals surface area contributed by atoms with Crippen LogP contribution < -0.4 is 10.1 Å². The molecule has 3 aliphatic rings. The van der Waals surface area contributed by atoms with Gasteiger partial charge < -0.3 is 10.1 Å². The first-order valence-electron chi connectivity index (χ1n) is 8.96. The van der Waals surface area contributed by atoms with Crippen molar-refractivity contribution in [2.45, 2.75) is 26.2 Å². The molecule has 0 spiro atoms. The van der Waals surface area contributed by atoms with Gasteiger partial charge in [0, 0.05) is 5.69 Å². The highest BCUT2D eigenvalue weighted by Crippen LogP contribution is 2.56. The second kappa shape index (κ2) is 6.17. The Balaban J connectivity index is 1.39. The van der Waals surface area contributed by atoms with Crippen LogP contribution in [0.5, 0.6) is 5.75 Å². The number of anilines is 1. The lowest BCUT2D eigenvalue weighted by Crippen LogP contribution is -2.39. The Morgan fingerprint density at radius 2 is 1.72 bits per heavy atom. The fourth-order valence-corrected chi connectivity index (χ4v) is 4.77. The quantitative estimate of drug-likeness (QED) is 0.831. The molecule has 25 heavy (non-hydrogen) atoms. The molecule has 1 N–H and O–H groups in total. The minimum Gasteiger partial charge on any atom is -0.494 e. The summed E-state index contributed by atoms with van der Waals surface area (Å²) in [5, 5.41) is 2.74. The van der Waals surface area contributed by atoms with Crippen molar-refractivity contribution in [2.75, 3.05) is 18.5 Å². The molecule has 1 aromatic carbocycles. The van der Waals surface area contributed by atoms with E-state index in [1.54, 1.807) is 24.3 Å². The number of hydrogen-bond donors (Lipinski definition) is 1. The first kappa shape index (κ1) is 16.1. The van der Waals surface area contributed by atoms with Crippen LogP contribution in [0.15, 0.2) is 24.3 Å². The first-order valence-corrected chi connectivity index (χ1v) is 8.96. The molecule has 1 saturated heterocycles. The largest absolute Gasteiger partial charge is 0.494 e. The molecule has 2 aliphatic carbocycles. The van der Waals surface area contributed by atoms with Gasteiger partial charge in [-0.25, -0.2) is 0 Å². The summed E-state index contributed by atoms with van der Waals surface area (Å²) >= 11 is 0. The average Bonchev–Trinajstić information content (AvgIpc) is 3.27. The number of fused-ring (bicyclic) bond motifs is 5. The summed E-state index contributed by atoms with van der Waals surface area (Å²) in [6, 6.07) is 7.03. The highest BCUT2D eigenvalue weighted by Gasteiger charge is 2.60. The third kappa shape index (κ3) is 2.69. The maximum absolute atomic E-state index is 12.6. The first-order chi connectivity index (χ1) is 12.1. The summed E-state index contributed by atoms with van der Waals surface area (Å²) < 4.78 is 5.36. The van der Waals surface area contributed by atoms with Crippen LogP contribution in [-0.4, -0.2) is 35.8 Å². The fraction of sp³-hybridized carbons (Fsp3) is 0.526. The van der Waals surface area contributed by atoms with Gasteiger partial charge in [-0.1, -0.05) is 0 Å². The molecule has 132 valence electrons. The summed E-state index contributed by atoms with van der Waals surface area (Å²) in [6.45, 7) is 2.29. The van der Waals surface area contributed by atoms with Gasteiger partial charge >= 0.3 is 0 Å². The number of carbonyl (C=O) groups excluding carboxylic acids is 3. The van der Waals surface area contributed by atoms with Crippen LogP contribution in [0.2, 0.25) is 0 Å². The number of likely N-dealkylation sites (tertiary alicyclic amines) is 1. The summed E-state index contributed by atoms with van der Waals surface area (Å²) in [5.41, 5.74) is 0.618. The van der Waals surface area contributed by atoms with Gasteiger partial charge in [-0.15, -0.1) is 0 Å². The number of carbonyl (C=O) groups is 3. The highest BCUT2D eigenvalue weighted by molar-refractivity contribution is 6.09. The van der Waals surface area contributed by atoms with Crippen molar-refractivity contribution in [3.05, 3.63) is 24.3 Å². The second-order valence-corrected chi connectivity index (χ2v) is 7.15. The molecule has 0 radical (unpaired) electrons. The van der Waals surface area contributed by atoms with Crippen molar-refractivity contribution in [1.29, 1.82) is 0 Å². The van der Waals surface area contributed by atoms with E-state index in [1.165, 1.54) is 4.90 Å². The van der Waals surface area contributed by atoms with Crippen molar-refractivity contribution in [1.82, 2.24) is 4.90 Å². The standard InChI is InChI=1S/C19H22N2O4/c1-2-25-14-7-5-13(6-8-14)20-15(22)10-21-18(23)16-11-3-4-12(9-11)17(16)19(21)24/h5-8,11-12,16-17H,2-4,9-10H2,1H3,(H,20,22)/t11-,12+,16-,17+. The predicted octanol–water partition coefficient (Wildman–Crippen LogP) is 2.05. The Morgan fingerprint density at radius 3 is 2.28 bits per heavy atom. The van der Waals surface area contributed by atoms with Crippen LogP contribution in [0.25, 0.3) is 0 Å². The Morgan fingerprint density at radius 1 is 1.12 bits per heavy atom. The molecule has 6 nitrogen and oxygen atoms in total. The van der Waals surface area contributed by atoms with Crippen LogP contribution >= 0.6 is 0 Å². The molecule has 6 heteroatoms. The van der Waals surface area contributed by atoms with E-state index in [4.69, 9.17) is 4.74 Å². The molecule has 0 unspecified atom stereocenters. The molecule has 3 fully saturated rings. The zero-order chi connectivity index (χ0) is 17.6. The van der Waals surface area contributed by atoms with Crippen LogP contribution in [0.3, 0.4) is 0 Å². The molecular weight excluding hydrogens is 320 g/mol. The number of ether oxygens (including phenoxy) is 1. The van der Waals surface area contributed by atoms with Crippen molar-refractivity contribution >= 4 is 23.4 Å². The van der Waals surface area contributed by atoms with Crippen LogP contribution in [0, 0.1) is 23.7 Å². The van der Waals surface area contributed by atoms with Gasteiger partial charge in [0.15, 0.2) is 0 Å². The maximum Gasteiger partial charge on any atom is 0.244 e. The van der Waals surface area contributed by atoms with E-state index in [-0.39, 0.29) is 36.1 Å². The lowest BCUT2D eigenvalue weighted by molar-refractivity contribution is -0.143. The molecule has 3 amide bonds. The van der Waals surface area contributed by atoms with E-state index in [2.05, 4.69) is 5.32 Å². The van der Waals surface area contributed by atoms with Gasteiger partial charge in [0.25, 0.3) is 0 Å². The van der Waals surface area contributed by atoms with E-state index in [1.807, 2.05) is 6.92 Å². The van der Waals surface area contributed by atoms with Gasteiger partial charge in [0.05, 0.1) is 18.4 Å². The summed E-state index contributed by atoms with van der Waals surface area (Å²) in [7, 11) is 0. The van der Waals surface area contributed by atoms with Gasteiger partial charge in [-0.2, -0.15) is 0 Å². The van der Waals surface area contributed by atoms with E-state index in [0.29, 0.717) is 24.1 Å². The molecule has 2 bridgehead atoms. The number of imide groups is 1. The number of rotatable bonds is 5. The van der Waals surface area contributed by atoms with Crippen molar-refractivity contribution in [3.8, 4) is 5.75 Å². The number of hydrogen-bond acceptors (Lipinski definition) is 4. The minimum atomic E-state index is -0.349. The van der Waals surface area contributed by atoms with E-state index in [9.17, 15) is 14.4 Å². The van der Waals surface area contributed by atoms with E-state index >= 15 is 0 Å². The topological polar surface area (TPSA) is 75.7 Å². The van der Waals surface area contributed by atoms with Crippen LogP contribution in [0.1, 0.15) is 26.2 Å². The Kier molecular flexibility index (Phi) is 3.98. The monoisotopic (exact) mass is 342 g/mol. The van der Waals surface area contributed by atoms with Crippen molar-refractivity contribution in [2.24, 2.45) is 23.7 Å². The molecule has 0 aromatic heterocycles. The number of nitrogens with zero attached hydrogens (tertiary/aromatic N) is 1. The average molecular weight is 342 g/mol. The van der Waals surface area contributed by atoms with Crippen molar-refractivity contribution < 1.29 is 19.1 Å². The molecule has 1 aliphatic heterocycles. The summed E-state index contributed by atoms with van der Waals surface area (Å²) in [4.78, 5) is 38.7. The number of nitrogens with one attached hydrogen (secondary N) is 1. The van der Waals surface area contributed by atoms with Gasteiger partial charge in [0.2, 0.25) is 17.7 Å². The van der Waals surface area contributed by atoms with Gasteiger partial charge in [0.1, 0.15) is 12.3 Å². The Bertz CT molecular complexity index is 687. The zero-order valence-corrected chi connectivity index (χ0v) is 14.2. The van der Waals surface area contributed by atoms with Gasteiger partial charge in [-0.3, -0.25) is 19.3 Å². The maximum atomic E-state index is 12.6. The Hall–Kier alpha value is -2.37. The van der Waals surface area contributed by atoms with Crippen LogP contribution in [-0.2, 0) is 14.4 Å². The van der Waals surface area contributed by atoms with Crippen molar-refractivity contribution in [3.63, 3.8) is 0 Å². The van der Waals surface area contributed by atoms with Gasteiger partial charge in [-0.05, 0) is 62.3 Å². The fourth-order valence-electron chi connectivity index (χ4n) is 4.77. The smallest absolute Gasteiger partial charge is 0.244 e. The minimum absolute atomic E-state index is 0.149. The highest BCUT2D eigenvalue weighted by atomic mass is 16.5. The zero-order valence-electron chi connectivity index (χ0n) is 14.2. The SMILES string of the molecule is CCOc1ccc(NC(=O)CN2C(=O)[C@@H]3[C@@H]4CC[C@@H](C4)[C@@H]3C2=O)cc1. The number of amides is 3. The molecule has 1 aromatic rings. The van der Waals surface area contributed by atoms with E-state index in [0.717, 1.165) is 25.0 Å². The Labute approximate surface area is 146 Å². The molecular formula is C19H22N2O4. The third-order valence-electron chi connectivity index (χ3n) is 5.77. The third-order valence-corrected chi connectivity index (χ3v) is 5.77.